The molecule has 1 aromatic heterocycles. The summed E-state index contributed by atoms with van der Waals surface area (Å²) in [5.74, 6) is -4.40. The topological polar surface area (TPSA) is 85.4 Å². The standard InChI is InChI=1S/C21H20BrF3N2O4S/c1-21(24,25)15-9-10-16(27-20(15)31-14-7-5-13(22)6-8-14)19(28)26-17(12-3-4-12)11-18(23)32(2,29)30/h5-12,17H,3-4H2,1-2H3,(H,26,28)/b18-11+/t17-/m1/s1. The Balaban J connectivity index is 1.89. The molecule has 0 saturated heterocycles. The number of benzene rings is 1. The van der Waals surface area contributed by atoms with Crippen LogP contribution in [0.5, 0.6) is 11.6 Å². The molecule has 1 amide bonds. The van der Waals surface area contributed by atoms with E-state index in [0.717, 1.165) is 28.9 Å². The average Bonchev–Trinajstić information content (AvgIpc) is 3.52. The number of carbonyl (C=O) groups excluding carboxylic acids is 1. The minimum atomic E-state index is -4.05. The highest BCUT2D eigenvalue weighted by Gasteiger charge is 2.34. The number of nitrogens with one attached hydrogen (secondary N) is 1. The molecule has 1 aliphatic carbocycles. The van der Waals surface area contributed by atoms with E-state index in [1.165, 1.54) is 12.1 Å². The zero-order chi connectivity index (χ0) is 23.7. The van der Waals surface area contributed by atoms with Crippen LogP contribution in [-0.4, -0.2) is 31.6 Å². The molecule has 3 rings (SSSR count). The van der Waals surface area contributed by atoms with Gasteiger partial charge in [0.1, 0.15) is 11.4 Å². The molecule has 0 spiro atoms. The molecule has 1 aliphatic rings. The molecule has 172 valence electrons. The summed E-state index contributed by atoms with van der Waals surface area (Å²) in [5, 5.41) is 1.18. The second-order valence-corrected chi connectivity index (χ2v) is 10.4. The Morgan fingerprint density at radius 3 is 2.41 bits per heavy atom. The quantitative estimate of drug-likeness (QED) is 0.510. The van der Waals surface area contributed by atoms with Crippen molar-refractivity contribution in [1.82, 2.24) is 10.3 Å². The summed E-state index contributed by atoms with van der Waals surface area (Å²) in [6.07, 6.45) is 2.94. The van der Waals surface area contributed by atoms with E-state index in [1.54, 1.807) is 12.1 Å². The molecule has 2 aromatic rings. The third-order valence-electron chi connectivity index (χ3n) is 4.69. The smallest absolute Gasteiger partial charge is 0.275 e. The van der Waals surface area contributed by atoms with Gasteiger partial charge >= 0.3 is 0 Å². The first-order chi connectivity index (χ1) is 14.8. The van der Waals surface area contributed by atoms with Crippen LogP contribution in [0, 0.1) is 5.92 Å². The van der Waals surface area contributed by atoms with Crippen molar-refractivity contribution < 1.29 is 31.1 Å². The molecule has 11 heteroatoms. The molecule has 1 saturated carbocycles. The van der Waals surface area contributed by atoms with Crippen LogP contribution < -0.4 is 10.1 Å². The molecule has 1 N–H and O–H groups in total. The summed E-state index contributed by atoms with van der Waals surface area (Å²) in [7, 11) is -4.05. The molecule has 0 radical (unpaired) electrons. The van der Waals surface area contributed by atoms with Gasteiger partial charge in [0.15, 0.2) is 0 Å². The summed E-state index contributed by atoms with van der Waals surface area (Å²) in [5.41, 5.74) is -0.748. The number of alkyl halides is 2. The lowest BCUT2D eigenvalue weighted by Gasteiger charge is -2.18. The molecule has 1 fully saturated rings. The number of hydrogen-bond acceptors (Lipinski definition) is 5. The number of ether oxygens (including phenoxy) is 1. The predicted octanol–water partition coefficient (Wildman–Crippen LogP) is 5.11. The normalized spacial score (nSPS) is 15.9. The van der Waals surface area contributed by atoms with E-state index in [1.807, 2.05) is 0 Å². The SMILES string of the molecule is CC(F)(F)c1ccc(C(=O)N[C@H](/C=C(\F)S(C)(=O)=O)C2CC2)nc1Oc1ccc(Br)cc1. The van der Waals surface area contributed by atoms with Crippen molar-refractivity contribution in [3.05, 3.63) is 63.4 Å². The molecule has 32 heavy (non-hydrogen) atoms. The van der Waals surface area contributed by atoms with E-state index in [4.69, 9.17) is 4.74 Å². The van der Waals surface area contributed by atoms with Gasteiger partial charge in [-0.05, 0) is 61.2 Å². The van der Waals surface area contributed by atoms with E-state index in [0.29, 0.717) is 19.8 Å². The summed E-state index contributed by atoms with van der Waals surface area (Å²) in [4.78, 5) is 16.7. The van der Waals surface area contributed by atoms with Gasteiger partial charge in [-0.1, -0.05) is 15.9 Å². The van der Waals surface area contributed by atoms with Crippen molar-refractivity contribution in [2.45, 2.75) is 31.7 Å². The zero-order valence-electron chi connectivity index (χ0n) is 17.1. The van der Waals surface area contributed by atoms with Crippen LogP contribution in [0.1, 0.15) is 35.8 Å². The Morgan fingerprint density at radius 2 is 1.88 bits per heavy atom. The van der Waals surface area contributed by atoms with Crippen LogP contribution in [0.15, 0.2) is 52.1 Å². The van der Waals surface area contributed by atoms with Crippen LogP contribution in [0.3, 0.4) is 0 Å². The average molecular weight is 533 g/mol. The van der Waals surface area contributed by atoms with Gasteiger partial charge in [0.2, 0.25) is 20.9 Å². The summed E-state index contributed by atoms with van der Waals surface area (Å²) < 4.78 is 71.1. The van der Waals surface area contributed by atoms with Gasteiger partial charge in [0.05, 0.1) is 11.6 Å². The Morgan fingerprint density at radius 1 is 1.25 bits per heavy atom. The third-order valence-corrected chi connectivity index (χ3v) is 6.06. The van der Waals surface area contributed by atoms with Gasteiger partial charge in [-0.25, -0.2) is 22.2 Å². The fraction of sp³-hybridized carbons (Fsp3) is 0.333. The molecule has 1 aromatic carbocycles. The summed E-state index contributed by atoms with van der Waals surface area (Å²) in [6.45, 7) is 0.681. The molecular weight excluding hydrogens is 513 g/mol. The van der Waals surface area contributed by atoms with Gasteiger partial charge in [-0.2, -0.15) is 4.39 Å². The first-order valence-corrected chi connectivity index (χ1v) is 12.2. The Bertz CT molecular complexity index is 1140. The molecule has 0 aliphatic heterocycles. The summed E-state index contributed by atoms with van der Waals surface area (Å²) >= 11 is 3.26. The number of sulfone groups is 1. The van der Waals surface area contributed by atoms with Crippen molar-refractivity contribution in [2.24, 2.45) is 5.92 Å². The number of amides is 1. The van der Waals surface area contributed by atoms with Gasteiger partial charge in [-0.3, -0.25) is 4.79 Å². The first kappa shape index (κ1) is 24.2. The van der Waals surface area contributed by atoms with E-state index < -0.39 is 44.3 Å². The van der Waals surface area contributed by atoms with Crippen molar-refractivity contribution in [2.75, 3.05) is 6.26 Å². The first-order valence-electron chi connectivity index (χ1n) is 9.55. The van der Waals surface area contributed by atoms with Crippen LogP contribution in [0.2, 0.25) is 0 Å². The van der Waals surface area contributed by atoms with E-state index in [-0.39, 0.29) is 17.4 Å². The van der Waals surface area contributed by atoms with Crippen LogP contribution in [-0.2, 0) is 15.8 Å². The summed E-state index contributed by atoms with van der Waals surface area (Å²) in [6, 6.07) is 7.65. The lowest BCUT2D eigenvalue weighted by atomic mass is 10.1. The van der Waals surface area contributed by atoms with Crippen molar-refractivity contribution in [3.8, 4) is 11.6 Å². The van der Waals surface area contributed by atoms with Crippen molar-refractivity contribution in [1.29, 1.82) is 0 Å². The number of aromatic nitrogens is 1. The Labute approximate surface area is 191 Å². The molecule has 0 unspecified atom stereocenters. The third kappa shape index (κ3) is 6.32. The van der Waals surface area contributed by atoms with E-state index in [9.17, 15) is 26.4 Å². The van der Waals surface area contributed by atoms with Crippen LogP contribution >= 0.6 is 15.9 Å². The largest absolute Gasteiger partial charge is 0.438 e. The van der Waals surface area contributed by atoms with Gasteiger partial charge in [-0.15, -0.1) is 0 Å². The maximum absolute atomic E-state index is 14.1. The number of hydrogen-bond donors (Lipinski definition) is 1. The molecule has 6 nitrogen and oxygen atoms in total. The predicted molar refractivity (Wildman–Crippen MR) is 116 cm³/mol. The Kier molecular flexibility index (Phi) is 6.99. The van der Waals surface area contributed by atoms with Gasteiger partial charge in [0, 0.05) is 17.7 Å². The molecular formula is C21H20BrF3N2O4S. The maximum atomic E-state index is 14.1. The second kappa shape index (κ2) is 9.22. The zero-order valence-corrected chi connectivity index (χ0v) is 19.5. The van der Waals surface area contributed by atoms with Crippen molar-refractivity contribution >= 4 is 31.7 Å². The lowest BCUT2D eigenvalue weighted by Crippen LogP contribution is -2.36. The van der Waals surface area contributed by atoms with E-state index >= 15 is 0 Å². The number of halogens is 4. The number of rotatable bonds is 8. The van der Waals surface area contributed by atoms with Gasteiger partial charge < -0.3 is 10.1 Å². The van der Waals surface area contributed by atoms with Gasteiger partial charge in [0.25, 0.3) is 11.8 Å². The molecule has 0 bridgehead atoms. The minimum Gasteiger partial charge on any atom is -0.438 e. The number of carbonyl (C=O) groups is 1. The highest BCUT2D eigenvalue weighted by atomic mass is 79.9. The van der Waals surface area contributed by atoms with Crippen LogP contribution in [0.25, 0.3) is 0 Å². The fourth-order valence-electron chi connectivity index (χ4n) is 2.83. The Hall–Kier alpha value is -2.40. The number of pyridine rings is 1. The number of nitrogens with zero attached hydrogens (tertiary/aromatic N) is 1. The van der Waals surface area contributed by atoms with E-state index in [2.05, 4.69) is 26.2 Å². The minimum absolute atomic E-state index is 0.121. The van der Waals surface area contributed by atoms with Crippen molar-refractivity contribution in [3.63, 3.8) is 0 Å². The molecule has 1 atom stereocenters. The highest BCUT2D eigenvalue weighted by Crippen LogP contribution is 2.37. The second-order valence-electron chi connectivity index (χ2n) is 7.57. The highest BCUT2D eigenvalue weighted by molar-refractivity contribution is 9.10. The monoisotopic (exact) mass is 532 g/mol. The van der Waals surface area contributed by atoms with Crippen LogP contribution in [0.4, 0.5) is 13.2 Å². The lowest BCUT2D eigenvalue weighted by molar-refractivity contribution is 0.0149. The maximum Gasteiger partial charge on any atom is 0.275 e. The molecule has 1 heterocycles. The fourth-order valence-corrected chi connectivity index (χ4v) is 3.49.